The molecule has 4 nitrogen and oxygen atoms in total. The number of nitrogens with two attached hydrogens (primary N) is 1. The van der Waals surface area contributed by atoms with Crippen molar-refractivity contribution < 1.29 is 22.4 Å². The molecule has 2 N–H and O–H groups in total. The van der Waals surface area contributed by atoms with E-state index in [-0.39, 0.29) is 18.9 Å². The number of nitrogens with zero attached hydrogens (tertiary/aromatic N) is 1. The third-order valence-corrected chi connectivity index (χ3v) is 2.92. The molecule has 0 saturated heterocycles. The molecular weight excluding hydrogens is 273 g/mol. The second kappa shape index (κ2) is 6.78. The van der Waals surface area contributed by atoms with Crippen LogP contribution in [0.3, 0.4) is 0 Å². The Hall–Kier alpha value is -1.50. The molecule has 1 heterocycles. The zero-order valence-electron chi connectivity index (χ0n) is 11.5. The Morgan fingerprint density at radius 2 is 2.10 bits per heavy atom. The van der Waals surface area contributed by atoms with E-state index in [0.717, 1.165) is 4.90 Å². The fourth-order valence-corrected chi connectivity index (χ4v) is 1.61. The minimum absolute atomic E-state index is 0.0234. The Kier molecular flexibility index (Phi) is 5.62. The van der Waals surface area contributed by atoms with Gasteiger partial charge >= 0.3 is 6.18 Å². The zero-order valence-corrected chi connectivity index (χ0v) is 11.5. The molecule has 0 spiro atoms. The number of furan rings is 1. The third-order valence-electron chi connectivity index (χ3n) is 2.92. The normalized spacial score (nSPS) is 13.6. The molecule has 0 saturated carbocycles. The lowest BCUT2D eigenvalue weighted by molar-refractivity contribution is -0.163. The molecule has 20 heavy (non-hydrogen) atoms. The number of amides is 1. The summed E-state index contributed by atoms with van der Waals surface area (Å²) in [6, 6.07) is 2.62. The van der Waals surface area contributed by atoms with Gasteiger partial charge in [0.15, 0.2) is 0 Å². The van der Waals surface area contributed by atoms with Gasteiger partial charge in [-0.3, -0.25) is 4.79 Å². The van der Waals surface area contributed by atoms with Crippen molar-refractivity contribution >= 4 is 5.91 Å². The topological polar surface area (TPSA) is 59.5 Å². The monoisotopic (exact) mass is 292 g/mol. The molecule has 1 rings (SSSR count). The predicted octanol–water partition coefficient (Wildman–Crippen LogP) is 2.54. The van der Waals surface area contributed by atoms with Crippen LogP contribution in [0.4, 0.5) is 13.2 Å². The van der Waals surface area contributed by atoms with Crippen molar-refractivity contribution in [3.63, 3.8) is 0 Å². The minimum atomic E-state index is -4.45. The van der Waals surface area contributed by atoms with E-state index < -0.39 is 24.7 Å². The van der Waals surface area contributed by atoms with E-state index in [2.05, 4.69) is 0 Å². The second-order valence-corrected chi connectivity index (χ2v) is 5.06. The molecule has 0 aromatic carbocycles. The Morgan fingerprint density at radius 1 is 1.45 bits per heavy atom. The number of alkyl halides is 3. The quantitative estimate of drug-likeness (QED) is 0.876. The number of hydrogen-bond acceptors (Lipinski definition) is 3. The minimum Gasteiger partial charge on any atom is -0.467 e. The van der Waals surface area contributed by atoms with Gasteiger partial charge in [0, 0.05) is 12.5 Å². The number of carbonyl (C=O) groups is 1. The van der Waals surface area contributed by atoms with Gasteiger partial charge in [-0.25, -0.2) is 0 Å². The lowest BCUT2D eigenvalue weighted by atomic mass is 10.0. The summed E-state index contributed by atoms with van der Waals surface area (Å²) in [4.78, 5) is 12.7. The lowest BCUT2D eigenvalue weighted by Gasteiger charge is -2.25. The van der Waals surface area contributed by atoms with Crippen LogP contribution in [0.1, 0.15) is 26.0 Å². The van der Waals surface area contributed by atoms with Crippen molar-refractivity contribution in [3.8, 4) is 0 Å². The Labute approximate surface area is 115 Å². The molecule has 0 radical (unpaired) electrons. The zero-order chi connectivity index (χ0) is 15.3. The molecule has 0 fully saturated rings. The highest BCUT2D eigenvalue weighted by Gasteiger charge is 2.33. The summed E-state index contributed by atoms with van der Waals surface area (Å²) < 4.78 is 42.6. The van der Waals surface area contributed by atoms with Crippen LogP contribution in [0.5, 0.6) is 0 Å². The maximum absolute atomic E-state index is 12.5. The number of carbonyl (C=O) groups excluding carboxylic acids is 1. The maximum atomic E-state index is 12.5. The molecular formula is C13H19F3N2O2. The van der Waals surface area contributed by atoms with Crippen LogP contribution in [0, 0.1) is 5.92 Å². The van der Waals surface area contributed by atoms with Crippen molar-refractivity contribution in [2.45, 2.75) is 39.0 Å². The predicted molar refractivity (Wildman–Crippen MR) is 67.6 cm³/mol. The summed E-state index contributed by atoms with van der Waals surface area (Å²) in [5, 5.41) is 0. The maximum Gasteiger partial charge on any atom is 0.406 e. The third kappa shape index (κ3) is 5.64. The van der Waals surface area contributed by atoms with Gasteiger partial charge in [-0.15, -0.1) is 0 Å². The molecule has 1 amide bonds. The molecule has 1 aromatic rings. The van der Waals surface area contributed by atoms with E-state index in [4.69, 9.17) is 10.2 Å². The number of hydrogen-bond donors (Lipinski definition) is 1. The van der Waals surface area contributed by atoms with E-state index in [0.29, 0.717) is 5.76 Å². The largest absolute Gasteiger partial charge is 0.467 e. The van der Waals surface area contributed by atoms with E-state index >= 15 is 0 Å². The number of rotatable bonds is 6. The van der Waals surface area contributed by atoms with Gasteiger partial charge in [0.1, 0.15) is 12.3 Å². The van der Waals surface area contributed by atoms with Gasteiger partial charge in [-0.05, 0) is 18.1 Å². The van der Waals surface area contributed by atoms with Crippen LogP contribution >= 0.6 is 0 Å². The Morgan fingerprint density at radius 3 is 2.55 bits per heavy atom. The molecule has 0 aliphatic heterocycles. The lowest BCUT2D eigenvalue weighted by Crippen LogP contribution is -2.42. The molecule has 1 unspecified atom stereocenters. The van der Waals surface area contributed by atoms with Gasteiger partial charge in [0.2, 0.25) is 5.91 Å². The summed E-state index contributed by atoms with van der Waals surface area (Å²) in [7, 11) is 0. The van der Waals surface area contributed by atoms with E-state index in [9.17, 15) is 18.0 Å². The fraction of sp³-hybridized carbons (Fsp3) is 0.615. The van der Waals surface area contributed by atoms with Crippen LogP contribution in [-0.2, 0) is 11.3 Å². The highest BCUT2D eigenvalue weighted by atomic mass is 19.4. The van der Waals surface area contributed by atoms with Gasteiger partial charge in [0.25, 0.3) is 0 Å². The van der Waals surface area contributed by atoms with Crippen LogP contribution in [0.2, 0.25) is 0 Å². The molecule has 1 atom stereocenters. The van der Waals surface area contributed by atoms with Gasteiger partial charge in [-0.1, -0.05) is 13.8 Å². The van der Waals surface area contributed by atoms with Crippen LogP contribution < -0.4 is 5.73 Å². The van der Waals surface area contributed by atoms with E-state index in [1.54, 1.807) is 6.07 Å². The standard InChI is InChI=1S/C13H19F3N2O2/c1-9(2)11(17)6-12(19)18(8-13(14,15)16)7-10-4-3-5-20-10/h3-5,9,11H,6-8,17H2,1-2H3. The average Bonchev–Trinajstić information content (AvgIpc) is 2.78. The Balaban J connectivity index is 2.73. The Bertz CT molecular complexity index is 416. The summed E-state index contributed by atoms with van der Waals surface area (Å²) >= 11 is 0. The first-order valence-corrected chi connectivity index (χ1v) is 6.31. The first kappa shape index (κ1) is 16.6. The van der Waals surface area contributed by atoms with Crippen LogP contribution in [-0.4, -0.2) is 29.6 Å². The van der Waals surface area contributed by atoms with Gasteiger partial charge < -0.3 is 15.1 Å². The van der Waals surface area contributed by atoms with Gasteiger partial charge in [-0.2, -0.15) is 13.2 Å². The second-order valence-electron chi connectivity index (χ2n) is 5.06. The first-order valence-electron chi connectivity index (χ1n) is 6.31. The highest BCUT2D eigenvalue weighted by Crippen LogP contribution is 2.19. The smallest absolute Gasteiger partial charge is 0.406 e. The van der Waals surface area contributed by atoms with E-state index in [1.165, 1.54) is 12.3 Å². The van der Waals surface area contributed by atoms with Crippen molar-refractivity contribution in [2.24, 2.45) is 11.7 Å². The fourth-order valence-electron chi connectivity index (χ4n) is 1.61. The van der Waals surface area contributed by atoms with Crippen molar-refractivity contribution in [2.75, 3.05) is 6.54 Å². The van der Waals surface area contributed by atoms with E-state index in [1.807, 2.05) is 13.8 Å². The molecule has 114 valence electrons. The van der Waals surface area contributed by atoms with Crippen molar-refractivity contribution in [1.29, 1.82) is 0 Å². The SMILES string of the molecule is CC(C)C(N)CC(=O)N(Cc1ccco1)CC(F)(F)F. The van der Waals surface area contributed by atoms with Crippen LogP contribution in [0.25, 0.3) is 0 Å². The molecule has 0 bridgehead atoms. The van der Waals surface area contributed by atoms with Gasteiger partial charge in [0.05, 0.1) is 12.8 Å². The van der Waals surface area contributed by atoms with Crippen molar-refractivity contribution in [3.05, 3.63) is 24.2 Å². The summed E-state index contributed by atoms with van der Waals surface area (Å²) in [6.07, 6.45) is -3.22. The van der Waals surface area contributed by atoms with Crippen molar-refractivity contribution in [1.82, 2.24) is 4.90 Å². The molecule has 0 aliphatic carbocycles. The summed E-state index contributed by atoms with van der Waals surface area (Å²) in [6.45, 7) is 2.12. The molecule has 1 aromatic heterocycles. The highest BCUT2D eigenvalue weighted by molar-refractivity contribution is 5.76. The molecule has 7 heteroatoms. The first-order chi connectivity index (χ1) is 9.19. The average molecular weight is 292 g/mol. The summed E-state index contributed by atoms with van der Waals surface area (Å²) in [5.41, 5.74) is 5.74. The van der Waals surface area contributed by atoms with Crippen LogP contribution in [0.15, 0.2) is 22.8 Å². The summed E-state index contributed by atoms with van der Waals surface area (Å²) in [5.74, 6) is -0.295. The molecule has 0 aliphatic rings. The number of halogens is 3.